The van der Waals surface area contributed by atoms with Crippen LogP contribution in [-0.2, 0) is 14.8 Å². The molecule has 0 radical (unpaired) electrons. The molecule has 134 valence electrons. The Morgan fingerprint density at radius 3 is 2.12 bits per heavy atom. The largest absolute Gasteiger partial charge is 0.497 e. The summed E-state index contributed by atoms with van der Waals surface area (Å²) in [6, 6.07) is 12.5. The number of hydrogen-bond acceptors (Lipinski definition) is 5. The van der Waals surface area contributed by atoms with Gasteiger partial charge < -0.3 is 9.47 Å². The van der Waals surface area contributed by atoms with E-state index in [9.17, 15) is 13.2 Å². The van der Waals surface area contributed by atoms with E-state index < -0.39 is 16.0 Å². The smallest absolute Gasteiger partial charge is 0.337 e. The average Bonchev–Trinajstić information content (AvgIpc) is 2.65. The van der Waals surface area contributed by atoms with E-state index in [1.54, 1.807) is 19.2 Å². The van der Waals surface area contributed by atoms with Gasteiger partial charge in [0.15, 0.2) is 0 Å². The quantitative estimate of drug-likeness (QED) is 0.765. The third-order valence-corrected chi connectivity index (χ3v) is 5.30. The van der Waals surface area contributed by atoms with Gasteiger partial charge in [-0.25, -0.2) is 17.9 Å². The van der Waals surface area contributed by atoms with E-state index in [1.165, 1.54) is 31.4 Å². The van der Waals surface area contributed by atoms with E-state index in [0.29, 0.717) is 17.7 Å². The SMILES string of the molecule is CC[C@H](NS(=O)(=O)c1ccc(C(=O)OC)cc1)c1ccc(OC)cc1. The lowest BCUT2D eigenvalue weighted by atomic mass is 10.1. The molecule has 0 fully saturated rings. The Hall–Kier alpha value is -2.38. The second-order valence-electron chi connectivity index (χ2n) is 5.37. The van der Waals surface area contributed by atoms with Crippen LogP contribution in [0.2, 0.25) is 0 Å². The van der Waals surface area contributed by atoms with Crippen molar-refractivity contribution in [1.82, 2.24) is 4.72 Å². The maximum absolute atomic E-state index is 12.6. The molecule has 25 heavy (non-hydrogen) atoms. The van der Waals surface area contributed by atoms with Crippen molar-refractivity contribution in [3.8, 4) is 5.75 Å². The summed E-state index contributed by atoms with van der Waals surface area (Å²) in [6.07, 6.45) is 0.589. The van der Waals surface area contributed by atoms with Gasteiger partial charge >= 0.3 is 5.97 Å². The number of carbonyl (C=O) groups excluding carboxylic acids is 1. The molecule has 0 saturated carbocycles. The minimum Gasteiger partial charge on any atom is -0.497 e. The molecule has 7 heteroatoms. The molecular weight excluding hydrogens is 342 g/mol. The molecule has 6 nitrogen and oxygen atoms in total. The zero-order valence-corrected chi connectivity index (χ0v) is 15.2. The summed E-state index contributed by atoms with van der Waals surface area (Å²) in [7, 11) is -0.869. The summed E-state index contributed by atoms with van der Waals surface area (Å²) < 4.78 is 37.6. The number of methoxy groups -OCH3 is 2. The molecule has 0 aliphatic rings. The van der Waals surface area contributed by atoms with Gasteiger partial charge in [0.1, 0.15) is 5.75 Å². The molecule has 0 bridgehead atoms. The number of sulfonamides is 1. The van der Waals surface area contributed by atoms with Crippen LogP contribution >= 0.6 is 0 Å². The Kier molecular flexibility index (Phi) is 6.17. The van der Waals surface area contributed by atoms with Crippen molar-refractivity contribution in [3.05, 3.63) is 59.7 Å². The number of carbonyl (C=O) groups is 1. The molecule has 0 aliphatic heterocycles. The second kappa shape index (κ2) is 8.13. The van der Waals surface area contributed by atoms with Crippen LogP contribution in [0.25, 0.3) is 0 Å². The van der Waals surface area contributed by atoms with E-state index in [0.717, 1.165) is 5.56 Å². The molecule has 0 saturated heterocycles. The Bertz CT molecular complexity index is 814. The maximum Gasteiger partial charge on any atom is 0.337 e. The van der Waals surface area contributed by atoms with Crippen molar-refractivity contribution < 1.29 is 22.7 Å². The number of nitrogens with one attached hydrogen (secondary N) is 1. The molecule has 0 aromatic heterocycles. The van der Waals surface area contributed by atoms with Gasteiger partial charge in [-0.2, -0.15) is 0 Å². The van der Waals surface area contributed by atoms with Crippen LogP contribution < -0.4 is 9.46 Å². The molecule has 1 N–H and O–H groups in total. The first kappa shape index (κ1) is 19.0. The standard InChI is InChI=1S/C18H21NO5S/c1-4-17(13-5-9-15(23-2)10-6-13)19-25(21,22)16-11-7-14(8-12-16)18(20)24-3/h5-12,17,19H,4H2,1-3H3/t17-/m0/s1. The van der Waals surface area contributed by atoms with Crippen LogP contribution in [0.3, 0.4) is 0 Å². The average molecular weight is 363 g/mol. The topological polar surface area (TPSA) is 81.7 Å². The maximum atomic E-state index is 12.6. The number of benzene rings is 2. The van der Waals surface area contributed by atoms with Gasteiger partial charge in [0.2, 0.25) is 10.0 Å². The lowest BCUT2D eigenvalue weighted by Gasteiger charge is -2.18. The van der Waals surface area contributed by atoms with Gasteiger partial charge in [0.25, 0.3) is 0 Å². The normalized spacial score (nSPS) is 12.4. The Balaban J connectivity index is 2.21. The molecule has 0 spiro atoms. The van der Waals surface area contributed by atoms with Crippen LogP contribution in [0, 0.1) is 0 Å². The number of rotatable bonds is 7. The first-order valence-corrected chi connectivity index (χ1v) is 9.24. The van der Waals surface area contributed by atoms with Gasteiger partial charge in [-0.3, -0.25) is 0 Å². The number of ether oxygens (including phenoxy) is 2. The van der Waals surface area contributed by atoms with Gasteiger partial charge in [0, 0.05) is 6.04 Å². The highest BCUT2D eigenvalue weighted by atomic mass is 32.2. The lowest BCUT2D eigenvalue weighted by Crippen LogP contribution is -2.28. The molecule has 2 aromatic carbocycles. The van der Waals surface area contributed by atoms with Crippen LogP contribution in [0.4, 0.5) is 0 Å². The molecule has 2 aromatic rings. The highest BCUT2D eigenvalue weighted by Crippen LogP contribution is 2.22. The van der Waals surface area contributed by atoms with Crippen molar-refractivity contribution >= 4 is 16.0 Å². The lowest BCUT2D eigenvalue weighted by molar-refractivity contribution is 0.0600. The van der Waals surface area contributed by atoms with Crippen molar-refractivity contribution in [2.45, 2.75) is 24.3 Å². The van der Waals surface area contributed by atoms with Crippen molar-refractivity contribution in [2.24, 2.45) is 0 Å². The molecule has 0 aliphatic carbocycles. The van der Waals surface area contributed by atoms with Crippen molar-refractivity contribution in [3.63, 3.8) is 0 Å². The van der Waals surface area contributed by atoms with E-state index >= 15 is 0 Å². The predicted octanol–water partition coefficient (Wildman–Crippen LogP) is 2.91. The van der Waals surface area contributed by atoms with Crippen molar-refractivity contribution in [1.29, 1.82) is 0 Å². The van der Waals surface area contributed by atoms with Gasteiger partial charge in [-0.1, -0.05) is 19.1 Å². The number of hydrogen-bond donors (Lipinski definition) is 1. The van der Waals surface area contributed by atoms with Crippen molar-refractivity contribution in [2.75, 3.05) is 14.2 Å². The molecule has 0 heterocycles. The third-order valence-electron chi connectivity index (χ3n) is 3.81. The highest BCUT2D eigenvalue weighted by Gasteiger charge is 2.20. The molecule has 1 atom stereocenters. The third kappa shape index (κ3) is 4.58. The van der Waals surface area contributed by atoms with Crippen LogP contribution in [-0.4, -0.2) is 28.6 Å². The fraction of sp³-hybridized carbons (Fsp3) is 0.278. The summed E-state index contributed by atoms with van der Waals surface area (Å²) >= 11 is 0. The van der Waals surface area contributed by atoms with Gasteiger partial charge in [-0.15, -0.1) is 0 Å². The zero-order valence-electron chi connectivity index (χ0n) is 14.4. The van der Waals surface area contributed by atoms with E-state index in [4.69, 9.17) is 4.74 Å². The number of esters is 1. The fourth-order valence-corrected chi connectivity index (χ4v) is 3.67. The first-order chi connectivity index (χ1) is 11.9. The minimum atomic E-state index is -3.72. The Morgan fingerprint density at radius 2 is 1.64 bits per heavy atom. The summed E-state index contributed by atoms with van der Waals surface area (Å²) in [6.45, 7) is 1.90. The first-order valence-electron chi connectivity index (χ1n) is 7.76. The van der Waals surface area contributed by atoms with E-state index in [1.807, 2.05) is 19.1 Å². The summed E-state index contributed by atoms with van der Waals surface area (Å²) in [5.74, 6) is 0.196. The monoisotopic (exact) mass is 363 g/mol. The van der Waals surface area contributed by atoms with E-state index in [-0.39, 0.29) is 10.9 Å². The summed E-state index contributed by atoms with van der Waals surface area (Å²) in [5.41, 5.74) is 1.14. The molecule has 0 amide bonds. The van der Waals surface area contributed by atoms with Gasteiger partial charge in [-0.05, 0) is 48.4 Å². The zero-order chi connectivity index (χ0) is 18.4. The summed E-state index contributed by atoms with van der Waals surface area (Å²) in [4.78, 5) is 11.5. The summed E-state index contributed by atoms with van der Waals surface area (Å²) in [5, 5.41) is 0. The van der Waals surface area contributed by atoms with Gasteiger partial charge in [0.05, 0.1) is 24.7 Å². The van der Waals surface area contributed by atoms with Crippen LogP contribution in [0.5, 0.6) is 5.75 Å². The highest BCUT2D eigenvalue weighted by molar-refractivity contribution is 7.89. The minimum absolute atomic E-state index is 0.0899. The second-order valence-corrected chi connectivity index (χ2v) is 7.09. The molecule has 2 rings (SSSR count). The van der Waals surface area contributed by atoms with Crippen LogP contribution in [0.15, 0.2) is 53.4 Å². The molecule has 0 unspecified atom stereocenters. The van der Waals surface area contributed by atoms with E-state index in [2.05, 4.69) is 9.46 Å². The predicted molar refractivity (Wildman–Crippen MR) is 94.1 cm³/mol. The Morgan fingerprint density at radius 1 is 1.04 bits per heavy atom. The Labute approximate surface area is 147 Å². The molecular formula is C18H21NO5S. The van der Waals surface area contributed by atoms with Crippen LogP contribution in [0.1, 0.15) is 35.3 Å². The fourth-order valence-electron chi connectivity index (χ4n) is 2.37.